The molecule has 0 aliphatic rings. The molecule has 0 unspecified atom stereocenters. The normalized spacial score (nSPS) is 10.1. The van der Waals surface area contributed by atoms with Crippen molar-refractivity contribution in [2.75, 3.05) is 5.32 Å². The highest BCUT2D eigenvalue weighted by Gasteiger charge is 2.06. The summed E-state index contributed by atoms with van der Waals surface area (Å²) in [6, 6.07) is 13.2. The van der Waals surface area contributed by atoms with Gasteiger partial charge in [0.15, 0.2) is 0 Å². The Labute approximate surface area is 121 Å². The summed E-state index contributed by atoms with van der Waals surface area (Å²) in [6.45, 7) is 0. The minimum atomic E-state index is -0.914. The van der Waals surface area contributed by atoms with Crippen LogP contribution in [0.5, 0.6) is 5.75 Å². The van der Waals surface area contributed by atoms with Crippen molar-refractivity contribution in [3.63, 3.8) is 0 Å². The first-order chi connectivity index (χ1) is 10.0. The SMILES string of the molecule is O=C(O)Cc1cccc(NC(=O)Cc2ccc(O)cc2)c1. The molecule has 0 atom stereocenters. The molecule has 5 nitrogen and oxygen atoms in total. The first kappa shape index (κ1) is 14.6. The molecular weight excluding hydrogens is 270 g/mol. The summed E-state index contributed by atoms with van der Waals surface area (Å²) in [5.74, 6) is -0.962. The monoisotopic (exact) mass is 285 g/mol. The van der Waals surface area contributed by atoms with Gasteiger partial charge in [-0.3, -0.25) is 9.59 Å². The molecule has 2 aromatic rings. The molecule has 3 N–H and O–H groups in total. The molecule has 21 heavy (non-hydrogen) atoms. The third kappa shape index (κ3) is 4.65. The van der Waals surface area contributed by atoms with E-state index < -0.39 is 5.97 Å². The van der Waals surface area contributed by atoms with Crippen LogP contribution in [0.15, 0.2) is 48.5 Å². The summed E-state index contributed by atoms with van der Waals surface area (Å²) in [5.41, 5.74) is 1.98. The highest BCUT2D eigenvalue weighted by atomic mass is 16.4. The molecule has 0 aliphatic carbocycles. The van der Waals surface area contributed by atoms with Gasteiger partial charge in [-0.25, -0.2) is 0 Å². The van der Waals surface area contributed by atoms with Crippen LogP contribution in [0.25, 0.3) is 0 Å². The Hall–Kier alpha value is -2.82. The fourth-order valence-corrected chi connectivity index (χ4v) is 1.94. The van der Waals surface area contributed by atoms with Gasteiger partial charge in [-0.15, -0.1) is 0 Å². The average molecular weight is 285 g/mol. The highest BCUT2D eigenvalue weighted by molar-refractivity contribution is 5.92. The number of rotatable bonds is 5. The van der Waals surface area contributed by atoms with E-state index in [0.29, 0.717) is 11.3 Å². The van der Waals surface area contributed by atoms with Gasteiger partial charge >= 0.3 is 5.97 Å². The number of amides is 1. The molecule has 0 saturated heterocycles. The van der Waals surface area contributed by atoms with Gasteiger partial charge in [-0.05, 0) is 35.4 Å². The first-order valence-electron chi connectivity index (χ1n) is 6.41. The zero-order chi connectivity index (χ0) is 15.2. The van der Waals surface area contributed by atoms with Crippen molar-refractivity contribution >= 4 is 17.6 Å². The van der Waals surface area contributed by atoms with E-state index in [2.05, 4.69) is 5.32 Å². The maximum atomic E-state index is 11.9. The molecule has 0 spiro atoms. The predicted molar refractivity (Wildman–Crippen MR) is 78.2 cm³/mol. The number of anilines is 1. The Morgan fingerprint density at radius 2 is 1.67 bits per heavy atom. The number of phenolic OH excluding ortho intramolecular Hbond substituents is 1. The van der Waals surface area contributed by atoms with Gasteiger partial charge in [0.05, 0.1) is 12.8 Å². The van der Waals surface area contributed by atoms with E-state index in [1.54, 1.807) is 36.4 Å². The topological polar surface area (TPSA) is 86.6 Å². The van der Waals surface area contributed by atoms with Gasteiger partial charge in [0.2, 0.25) is 5.91 Å². The molecule has 2 rings (SSSR count). The van der Waals surface area contributed by atoms with Crippen LogP contribution in [-0.4, -0.2) is 22.1 Å². The number of carboxylic acid groups (broad SMARTS) is 1. The molecule has 0 saturated carbocycles. The van der Waals surface area contributed by atoms with Crippen LogP contribution >= 0.6 is 0 Å². The number of carboxylic acids is 1. The fourth-order valence-electron chi connectivity index (χ4n) is 1.94. The van der Waals surface area contributed by atoms with Crippen molar-refractivity contribution in [2.24, 2.45) is 0 Å². The van der Waals surface area contributed by atoms with E-state index >= 15 is 0 Å². The van der Waals surface area contributed by atoms with Crippen molar-refractivity contribution in [3.8, 4) is 5.75 Å². The lowest BCUT2D eigenvalue weighted by atomic mass is 10.1. The number of phenols is 1. The molecule has 108 valence electrons. The van der Waals surface area contributed by atoms with Gasteiger partial charge in [0.1, 0.15) is 5.75 Å². The number of aromatic hydroxyl groups is 1. The smallest absolute Gasteiger partial charge is 0.307 e. The van der Waals surface area contributed by atoms with Crippen molar-refractivity contribution < 1.29 is 19.8 Å². The summed E-state index contributed by atoms with van der Waals surface area (Å²) in [7, 11) is 0. The molecule has 0 bridgehead atoms. The van der Waals surface area contributed by atoms with Crippen LogP contribution < -0.4 is 5.32 Å². The maximum Gasteiger partial charge on any atom is 0.307 e. The number of hydrogen-bond acceptors (Lipinski definition) is 3. The zero-order valence-corrected chi connectivity index (χ0v) is 11.2. The van der Waals surface area contributed by atoms with Crippen LogP contribution in [-0.2, 0) is 22.4 Å². The van der Waals surface area contributed by atoms with E-state index in [-0.39, 0.29) is 24.5 Å². The van der Waals surface area contributed by atoms with Gasteiger partial charge in [-0.1, -0.05) is 24.3 Å². The minimum Gasteiger partial charge on any atom is -0.508 e. The lowest BCUT2D eigenvalue weighted by Gasteiger charge is -2.07. The highest BCUT2D eigenvalue weighted by Crippen LogP contribution is 2.13. The second-order valence-corrected chi connectivity index (χ2v) is 4.66. The van der Waals surface area contributed by atoms with Crippen LogP contribution in [0.1, 0.15) is 11.1 Å². The summed E-state index contributed by atoms with van der Waals surface area (Å²) < 4.78 is 0. The lowest BCUT2D eigenvalue weighted by molar-refractivity contribution is -0.136. The second kappa shape index (κ2) is 6.56. The number of benzene rings is 2. The quantitative estimate of drug-likeness (QED) is 0.786. The third-order valence-corrected chi connectivity index (χ3v) is 2.87. The maximum absolute atomic E-state index is 11.9. The predicted octanol–water partition coefficient (Wildman–Crippen LogP) is 2.20. The van der Waals surface area contributed by atoms with Gasteiger partial charge in [-0.2, -0.15) is 0 Å². The Balaban J connectivity index is 1.99. The second-order valence-electron chi connectivity index (χ2n) is 4.66. The van der Waals surface area contributed by atoms with Crippen LogP contribution in [0, 0.1) is 0 Å². The molecule has 0 radical (unpaired) electrons. The average Bonchev–Trinajstić information content (AvgIpc) is 2.41. The van der Waals surface area contributed by atoms with Crippen LogP contribution in [0.3, 0.4) is 0 Å². The first-order valence-corrected chi connectivity index (χ1v) is 6.41. The molecule has 0 heterocycles. The molecule has 0 aliphatic heterocycles. The van der Waals surface area contributed by atoms with E-state index in [9.17, 15) is 14.7 Å². The lowest BCUT2D eigenvalue weighted by Crippen LogP contribution is -2.14. The molecule has 0 fully saturated rings. The molecule has 1 amide bonds. The van der Waals surface area contributed by atoms with Crippen LogP contribution in [0.4, 0.5) is 5.69 Å². The zero-order valence-electron chi connectivity index (χ0n) is 11.2. The summed E-state index contributed by atoms with van der Waals surface area (Å²) in [5, 5.41) is 20.7. The molecular formula is C16H15NO4. The van der Waals surface area contributed by atoms with E-state index in [1.807, 2.05) is 0 Å². The summed E-state index contributed by atoms with van der Waals surface area (Å²) in [6.07, 6.45) is 0.102. The number of carbonyl (C=O) groups is 2. The molecule has 2 aromatic carbocycles. The van der Waals surface area contributed by atoms with E-state index in [0.717, 1.165) is 5.56 Å². The minimum absolute atomic E-state index is 0.0817. The summed E-state index contributed by atoms with van der Waals surface area (Å²) >= 11 is 0. The number of aliphatic carboxylic acids is 1. The van der Waals surface area contributed by atoms with Crippen molar-refractivity contribution in [2.45, 2.75) is 12.8 Å². The number of hydrogen-bond donors (Lipinski definition) is 3. The third-order valence-electron chi connectivity index (χ3n) is 2.87. The van der Waals surface area contributed by atoms with Crippen molar-refractivity contribution in [1.29, 1.82) is 0 Å². The number of nitrogens with one attached hydrogen (secondary N) is 1. The van der Waals surface area contributed by atoms with Gasteiger partial charge in [0.25, 0.3) is 0 Å². The van der Waals surface area contributed by atoms with Gasteiger partial charge < -0.3 is 15.5 Å². The summed E-state index contributed by atoms with van der Waals surface area (Å²) in [4.78, 5) is 22.6. The Bertz CT molecular complexity index is 650. The van der Waals surface area contributed by atoms with Crippen molar-refractivity contribution in [1.82, 2.24) is 0 Å². The number of carbonyl (C=O) groups excluding carboxylic acids is 1. The van der Waals surface area contributed by atoms with Gasteiger partial charge in [0, 0.05) is 5.69 Å². The van der Waals surface area contributed by atoms with E-state index in [4.69, 9.17) is 5.11 Å². The molecule has 5 heteroatoms. The standard InChI is InChI=1S/C16H15NO4/c18-14-6-4-11(5-7-14)9-15(19)17-13-3-1-2-12(8-13)10-16(20)21/h1-8,18H,9-10H2,(H,17,19)(H,20,21). The largest absolute Gasteiger partial charge is 0.508 e. The van der Waals surface area contributed by atoms with Crippen molar-refractivity contribution in [3.05, 3.63) is 59.7 Å². The van der Waals surface area contributed by atoms with Crippen LogP contribution in [0.2, 0.25) is 0 Å². The van der Waals surface area contributed by atoms with E-state index in [1.165, 1.54) is 12.1 Å². The Morgan fingerprint density at radius 1 is 0.952 bits per heavy atom. The Morgan fingerprint density at radius 3 is 2.33 bits per heavy atom. The fraction of sp³-hybridized carbons (Fsp3) is 0.125. The Kier molecular flexibility index (Phi) is 4.56. The molecule has 0 aromatic heterocycles.